The van der Waals surface area contributed by atoms with Crippen LogP contribution in [-0.4, -0.2) is 57.9 Å². The van der Waals surface area contributed by atoms with Crippen molar-refractivity contribution in [3.63, 3.8) is 0 Å². The number of rotatable bonds is 7. The van der Waals surface area contributed by atoms with Gasteiger partial charge in [0.05, 0.1) is 22.8 Å². The zero-order valence-electron chi connectivity index (χ0n) is 16.1. The number of nitrogens with one attached hydrogen (secondary N) is 1. The molecule has 1 atom stereocenters. The van der Waals surface area contributed by atoms with Crippen LogP contribution in [0.3, 0.4) is 0 Å². The quantitative estimate of drug-likeness (QED) is 0.579. The number of carbonyl (C=O) groups excluding carboxylic acids is 1. The predicted octanol–water partition coefficient (Wildman–Crippen LogP) is 3.33. The van der Waals surface area contributed by atoms with Gasteiger partial charge in [0.15, 0.2) is 0 Å². The second-order valence-electron chi connectivity index (χ2n) is 7.02. The molecule has 1 aromatic carbocycles. The van der Waals surface area contributed by atoms with Crippen molar-refractivity contribution >= 4 is 40.4 Å². The van der Waals surface area contributed by atoms with E-state index in [4.69, 9.17) is 27.9 Å². The van der Waals surface area contributed by atoms with Gasteiger partial charge in [-0.05, 0) is 23.8 Å². The summed E-state index contributed by atoms with van der Waals surface area (Å²) in [7, 11) is 0. The van der Waals surface area contributed by atoms with Gasteiger partial charge in [-0.2, -0.15) is 5.10 Å². The highest BCUT2D eigenvalue weighted by Crippen LogP contribution is 2.23. The molecule has 3 heterocycles. The molecule has 158 valence electrons. The maximum atomic E-state index is 12.3. The number of ether oxygens (including phenoxy) is 1. The summed E-state index contributed by atoms with van der Waals surface area (Å²) < 4.78 is 7.42. The molecule has 7 nitrogen and oxygen atoms in total. The molecule has 0 bridgehead atoms. The molecular formula is C20H21Cl2N5O2S. The molecule has 2 aromatic heterocycles. The zero-order chi connectivity index (χ0) is 20.9. The maximum absolute atomic E-state index is 12.3. The van der Waals surface area contributed by atoms with Crippen LogP contribution >= 0.6 is 34.5 Å². The van der Waals surface area contributed by atoms with Crippen LogP contribution in [0, 0.1) is 0 Å². The topological polar surface area (TPSA) is 72.3 Å². The molecule has 0 radical (unpaired) electrons. The maximum Gasteiger partial charge on any atom is 0.241 e. The first-order chi connectivity index (χ1) is 14.6. The lowest BCUT2D eigenvalue weighted by atomic mass is 10.2. The Kier molecular flexibility index (Phi) is 7.01. The van der Waals surface area contributed by atoms with Crippen molar-refractivity contribution in [3.05, 3.63) is 57.6 Å². The summed E-state index contributed by atoms with van der Waals surface area (Å²) in [6.45, 7) is 3.56. The predicted molar refractivity (Wildman–Crippen MR) is 118 cm³/mol. The van der Waals surface area contributed by atoms with Gasteiger partial charge in [0, 0.05) is 44.0 Å². The molecule has 4 rings (SSSR count). The number of halogens is 2. The molecule has 1 aliphatic rings. The third-order valence-corrected chi connectivity index (χ3v) is 6.27. The Hall–Kier alpha value is -1.97. The summed E-state index contributed by atoms with van der Waals surface area (Å²) in [6.07, 6.45) is 3.46. The van der Waals surface area contributed by atoms with Gasteiger partial charge in [-0.1, -0.05) is 29.3 Å². The van der Waals surface area contributed by atoms with Crippen LogP contribution in [0.5, 0.6) is 0 Å². The van der Waals surface area contributed by atoms with Gasteiger partial charge in [-0.25, -0.2) is 4.98 Å². The van der Waals surface area contributed by atoms with E-state index in [1.807, 2.05) is 29.6 Å². The van der Waals surface area contributed by atoms with Crippen LogP contribution in [0.25, 0.3) is 10.7 Å². The average molecular weight is 466 g/mol. The minimum Gasteiger partial charge on any atom is -0.374 e. The minimum absolute atomic E-state index is 0.0611. The van der Waals surface area contributed by atoms with Crippen LogP contribution in [0.1, 0.15) is 5.56 Å². The largest absolute Gasteiger partial charge is 0.374 e. The molecule has 0 spiro atoms. The number of aromatic nitrogens is 3. The minimum atomic E-state index is -0.103. The molecule has 10 heteroatoms. The number of amides is 1. The normalized spacial score (nSPS) is 17.2. The lowest BCUT2D eigenvalue weighted by Crippen LogP contribution is -2.47. The fourth-order valence-electron chi connectivity index (χ4n) is 3.29. The van der Waals surface area contributed by atoms with E-state index >= 15 is 0 Å². The summed E-state index contributed by atoms with van der Waals surface area (Å²) in [6, 6.07) is 7.54. The Morgan fingerprint density at radius 1 is 1.30 bits per heavy atom. The Balaban J connectivity index is 1.24. The number of thiazole rings is 1. The monoisotopic (exact) mass is 465 g/mol. The zero-order valence-corrected chi connectivity index (χ0v) is 18.5. The molecule has 0 unspecified atom stereocenters. The number of benzene rings is 1. The second-order valence-corrected chi connectivity index (χ2v) is 8.73. The molecular weight excluding hydrogens is 445 g/mol. The summed E-state index contributed by atoms with van der Waals surface area (Å²) in [5, 5.41) is 11.2. The molecule has 1 saturated heterocycles. The van der Waals surface area contributed by atoms with E-state index in [1.165, 1.54) is 11.3 Å². The molecule has 0 aliphatic carbocycles. The van der Waals surface area contributed by atoms with Gasteiger partial charge in [0.2, 0.25) is 5.91 Å². The van der Waals surface area contributed by atoms with Crippen LogP contribution < -0.4 is 5.32 Å². The van der Waals surface area contributed by atoms with Gasteiger partial charge >= 0.3 is 0 Å². The fraction of sp³-hybridized carbons (Fsp3) is 0.350. The first-order valence-electron chi connectivity index (χ1n) is 9.55. The van der Waals surface area contributed by atoms with Crippen molar-refractivity contribution in [2.24, 2.45) is 0 Å². The summed E-state index contributed by atoms with van der Waals surface area (Å²) in [5.74, 6) is -0.103. The van der Waals surface area contributed by atoms with E-state index < -0.39 is 0 Å². The molecule has 0 saturated carbocycles. The summed E-state index contributed by atoms with van der Waals surface area (Å²) in [5.41, 5.74) is 1.87. The summed E-state index contributed by atoms with van der Waals surface area (Å²) in [4.78, 5) is 18.8. The van der Waals surface area contributed by atoms with Crippen LogP contribution in [0.2, 0.25) is 10.0 Å². The van der Waals surface area contributed by atoms with Crippen molar-refractivity contribution in [1.29, 1.82) is 0 Å². The van der Waals surface area contributed by atoms with Crippen molar-refractivity contribution in [3.8, 4) is 10.7 Å². The van der Waals surface area contributed by atoms with Gasteiger partial charge in [0.1, 0.15) is 17.2 Å². The van der Waals surface area contributed by atoms with Gasteiger partial charge in [0.25, 0.3) is 0 Å². The number of hydrogen-bond acceptors (Lipinski definition) is 6. The van der Waals surface area contributed by atoms with E-state index in [9.17, 15) is 4.79 Å². The van der Waals surface area contributed by atoms with Gasteiger partial charge in [-0.3, -0.25) is 14.4 Å². The first kappa shape index (κ1) is 21.3. The number of nitrogens with zero attached hydrogens (tertiary/aromatic N) is 4. The Bertz CT molecular complexity index is 995. The van der Waals surface area contributed by atoms with E-state index in [2.05, 4.69) is 20.3 Å². The van der Waals surface area contributed by atoms with E-state index in [0.717, 1.165) is 35.9 Å². The third kappa shape index (κ3) is 5.59. The molecule has 1 N–H and O–H groups in total. The third-order valence-electron chi connectivity index (χ3n) is 4.74. The fourth-order valence-corrected chi connectivity index (χ4v) is 4.21. The van der Waals surface area contributed by atoms with Gasteiger partial charge in [-0.15, -0.1) is 11.3 Å². The Morgan fingerprint density at radius 2 is 2.20 bits per heavy atom. The van der Waals surface area contributed by atoms with E-state index in [-0.39, 0.29) is 18.6 Å². The number of morpholine rings is 1. The lowest BCUT2D eigenvalue weighted by Gasteiger charge is -2.33. The Labute approximate surface area is 188 Å². The van der Waals surface area contributed by atoms with Crippen LogP contribution in [0.15, 0.2) is 42.0 Å². The lowest BCUT2D eigenvalue weighted by molar-refractivity contribution is -0.123. The average Bonchev–Trinajstić information content (AvgIpc) is 3.41. The Morgan fingerprint density at radius 3 is 3.00 bits per heavy atom. The van der Waals surface area contributed by atoms with Crippen molar-refractivity contribution in [1.82, 2.24) is 25.0 Å². The second kappa shape index (κ2) is 9.89. The van der Waals surface area contributed by atoms with Crippen molar-refractivity contribution < 1.29 is 9.53 Å². The first-order valence-corrected chi connectivity index (χ1v) is 11.2. The van der Waals surface area contributed by atoms with Gasteiger partial charge < -0.3 is 10.1 Å². The molecule has 1 aliphatic heterocycles. The molecule has 3 aromatic rings. The highest BCUT2D eigenvalue weighted by atomic mass is 35.5. The van der Waals surface area contributed by atoms with E-state index in [1.54, 1.807) is 17.1 Å². The van der Waals surface area contributed by atoms with Crippen LogP contribution in [0.4, 0.5) is 0 Å². The number of hydrogen-bond donors (Lipinski definition) is 1. The van der Waals surface area contributed by atoms with E-state index in [0.29, 0.717) is 23.2 Å². The SMILES string of the molecule is O=C(Cn1ccc(-c2nccs2)n1)NC[C@H]1CN(Cc2ccc(Cl)c(Cl)c2)CCO1. The molecule has 1 fully saturated rings. The smallest absolute Gasteiger partial charge is 0.241 e. The summed E-state index contributed by atoms with van der Waals surface area (Å²) >= 11 is 13.6. The highest BCUT2D eigenvalue weighted by molar-refractivity contribution is 7.13. The molecule has 30 heavy (non-hydrogen) atoms. The van der Waals surface area contributed by atoms with Crippen molar-refractivity contribution in [2.75, 3.05) is 26.2 Å². The number of carbonyl (C=O) groups is 1. The molecule has 1 amide bonds. The van der Waals surface area contributed by atoms with Crippen LogP contribution in [-0.2, 0) is 22.6 Å². The standard InChI is InChI=1S/C20H21Cl2N5O2S/c21-16-2-1-14(9-17(16)22)11-26-6-7-29-15(12-26)10-24-19(28)13-27-5-3-18(25-27)20-23-4-8-30-20/h1-5,8-9,15H,6-7,10-13H2,(H,24,28)/t15-/m0/s1. The highest BCUT2D eigenvalue weighted by Gasteiger charge is 2.21. The van der Waals surface area contributed by atoms with Crippen molar-refractivity contribution in [2.45, 2.75) is 19.2 Å².